The first-order valence-corrected chi connectivity index (χ1v) is 10.9. The Kier molecular flexibility index (Phi) is 7.58. The summed E-state index contributed by atoms with van der Waals surface area (Å²) in [5.74, 6) is 0.375. The van der Waals surface area contributed by atoms with E-state index in [-0.39, 0.29) is 23.1 Å². The van der Waals surface area contributed by atoms with Crippen molar-refractivity contribution in [1.29, 1.82) is 0 Å². The zero-order chi connectivity index (χ0) is 23.5. The molecule has 0 aliphatic rings. The topological polar surface area (TPSA) is 69.0 Å². The lowest BCUT2D eigenvalue weighted by atomic mass is 10.2. The second-order valence-corrected chi connectivity index (χ2v) is 8.47. The van der Waals surface area contributed by atoms with Gasteiger partial charge < -0.3 is 14.6 Å². The van der Waals surface area contributed by atoms with Crippen molar-refractivity contribution in [2.75, 3.05) is 11.1 Å². The van der Waals surface area contributed by atoms with Gasteiger partial charge in [0.25, 0.3) is 0 Å². The summed E-state index contributed by atoms with van der Waals surface area (Å²) in [7, 11) is 1.71. The van der Waals surface area contributed by atoms with Crippen LogP contribution in [0.1, 0.15) is 17.0 Å². The molecule has 0 radical (unpaired) electrons. The van der Waals surface area contributed by atoms with Crippen molar-refractivity contribution in [3.05, 3.63) is 63.4 Å². The van der Waals surface area contributed by atoms with E-state index in [9.17, 15) is 18.0 Å². The third-order valence-electron chi connectivity index (χ3n) is 4.27. The summed E-state index contributed by atoms with van der Waals surface area (Å²) in [6, 6.07) is 8.13. The fraction of sp³-hybridized carbons (Fsp3) is 0.250. The predicted octanol–water partition coefficient (Wildman–Crippen LogP) is 5.76. The van der Waals surface area contributed by atoms with Gasteiger partial charge in [-0.3, -0.25) is 4.79 Å². The highest BCUT2D eigenvalue weighted by Gasteiger charge is 2.31. The SMILES string of the molecule is Cc1ccc(Cl)c(OCc2nnc(SCC(=O)Nc3cc(C(F)(F)F)ccc3Cl)n2C)c1. The summed E-state index contributed by atoms with van der Waals surface area (Å²) in [4.78, 5) is 12.2. The molecule has 1 heterocycles. The molecule has 0 fully saturated rings. The molecule has 0 saturated carbocycles. The number of hydrogen-bond acceptors (Lipinski definition) is 5. The summed E-state index contributed by atoms with van der Waals surface area (Å²) in [6.07, 6.45) is -4.54. The molecule has 3 aromatic rings. The molecular formula is C20H17Cl2F3N4O2S. The van der Waals surface area contributed by atoms with Crippen molar-refractivity contribution in [1.82, 2.24) is 14.8 Å². The second-order valence-electron chi connectivity index (χ2n) is 6.71. The van der Waals surface area contributed by atoms with E-state index in [1.54, 1.807) is 23.7 Å². The van der Waals surface area contributed by atoms with Gasteiger partial charge in [0, 0.05) is 7.05 Å². The fourth-order valence-corrected chi connectivity index (χ4v) is 3.64. The molecule has 0 saturated heterocycles. The summed E-state index contributed by atoms with van der Waals surface area (Å²) in [5.41, 5.74) is -0.0313. The van der Waals surface area contributed by atoms with E-state index in [2.05, 4.69) is 15.5 Å². The van der Waals surface area contributed by atoms with Crippen LogP contribution in [0.5, 0.6) is 5.75 Å². The first-order chi connectivity index (χ1) is 15.0. The molecular weight excluding hydrogens is 488 g/mol. The van der Waals surface area contributed by atoms with Gasteiger partial charge in [0.05, 0.1) is 27.0 Å². The highest BCUT2D eigenvalue weighted by atomic mass is 35.5. The highest BCUT2D eigenvalue weighted by Crippen LogP contribution is 2.34. The van der Waals surface area contributed by atoms with Crippen LogP contribution in [-0.4, -0.2) is 26.4 Å². The second kappa shape index (κ2) is 10.0. The van der Waals surface area contributed by atoms with Gasteiger partial charge in [-0.15, -0.1) is 10.2 Å². The number of carbonyl (C=O) groups excluding carboxylic acids is 1. The van der Waals surface area contributed by atoms with Crippen LogP contribution in [0.2, 0.25) is 10.0 Å². The molecule has 6 nitrogen and oxygen atoms in total. The molecule has 170 valence electrons. The van der Waals surface area contributed by atoms with Gasteiger partial charge in [-0.25, -0.2) is 0 Å². The van der Waals surface area contributed by atoms with E-state index < -0.39 is 17.6 Å². The minimum atomic E-state index is -4.54. The van der Waals surface area contributed by atoms with Crippen molar-refractivity contribution >= 4 is 46.6 Å². The van der Waals surface area contributed by atoms with Gasteiger partial charge in [0.15, 0.2) is 11.0 Å². The molecule has 0 aliphatic carbocycles. The average molecular weight is 505 g/mol. The number of thioether (sulfide) groups is 1. The molecule has 0 atom stereocenters. The van der Waals surface area contributed by atoms with Crippen molar-refractivity contribution in [3.63, 3.8) is 0 Å². The van der Waals surface area contributed by atoms with Crippen LogP contribution in [0, 0.1) is 6.92 Å². The van der Waals surface area contributed by atoms with Crippen molar-refractivity contribution in [2.24, 2.45) is 7.05 Å². The smallest absolute Gasteiger partial charge is 0.416 e. The third-order valence-corrected chi connectivity index (χ3v) is 5.93. The molecule has 3 rings (SSSR count). The van der Waals surface area contributed by atoms with Crippen LogP contribution in [0.25, 0.3) is 0 Å². The molecule has 0 unspecified atom stereocenters. The number of carbonyl (C=O) groups is 1. The fourth-order valence-electron chi connectivity index (χ4n) is 2.57. The maximum absolute atomic E-state index is 12.9. The number of hydrogen-bond donors (Lipinski definition) is 1. The van der Waals surface area contributed by atoms with Gasteiger partial charge >= 0.3 is 6.18 Å². The Bertz CT molecular complexity index is 1140. The van der Waals surface area contributed by atoms with E-state index in [0.717, 1.165) is 35.5 Å². The van der Waals surface area contributed by atoms with Gasteiger partial charge in [-0.2, -0.15) is 13.2 Å². The van der Waals surface area contributed by atoms with Gasteiger partial charge in [0.1, 0.15) is 12.4 Å². The molecule has 1 N–H and O–H groups in total. The number of halogens is 5. The average Bonchev–Trinajstić information content (AvgIpc) is 3.07. The third kappa shape index (κ3) is 6.08. The zero-order valence-electron chi connectivity index (χ0n) is 16.8. The highest BCUT2D eigenvalue weighted by molar-refractivity contribution is 7.99. The Labute approximate surface area is 196 Å². The van der Waals surface area contributed by atoms with E-state index >= 15 is 0 Å². The van der Waals surface area contributed by atoms with E-state index in [0.29, 0.717) is 21.8 Å². The Morgan fingerprint density at radius 1 is 1.16 bits per heavy atom. The van der Waals surface area contributed by atoms with Crippen LogP contribution in [0.15, 0.2) is 41.6 Å². The summed E-state index contributed by atoms with van der Waals surface area (Å²) in [6.45, 7) is 2.02. The Morgan fingerprint density at radius 3 is 2.59 bits per heavy atom. The summed E-state index contributed by atoms with van der Waals surface area (Å²) >= 11 is 13.1. The maximum atomic E-state index is 12.9. The molecule has 12 heteroatoms. The Balaban J connectivity index is 1.59. The lowest BCUT2D eigenvalue weighted by molar-refractivity contribution is -0.137. The molecule has 1 amide bonds. The number of nitrogens with one attached hydrogen (secondary N) is 1. The van der Waals surface area contributed by atoms with Gasteiger partial charge in [0.2, 0.25) is 5.91 Å². The number of amides is 1. The standard InChI is InChI=1S/C20H17Cl2F3N4O2S/c1-11-3-5-14(22)16(7-11)31-9-17-27-28-19(29(17)2)32-10-18(30)26-15-8-12(20(23,24)25)4-6-13(15)21/h3-8H,9-10H2,1-2H3,(H,26,30). The van der Waals surface area contributed by atoms with Crippen LogP contribution < -0.4 is 10.1 Å². The molecule has 32 heavy (non-hydrogen) atoms. The summed E-state index contributed by atoms with van der Waals surface area (Å²) < 4.78 is 46.0. The summed E-state index contributed by atoms with van der Waals surface area (Å²) in [5, 5.41) is 11.4. The number of ether oxygens (including phenoxy) is 1. The number of nitrogens with zero attached hydrogens (tertiary/aromatic N) is 3. The number of anilines is 1. The van der Waals surface area contributed by atoms with Gasteiger partial charge in [-0.1, -0.05) is 41.0 Å². The number of aryl methyl sites for hydroxylation is 1. The van der Waals surface area contributed by atoms with Crippen LogP contribution >= 0.6 is 35.0 Å². The lowest BCUT2D eigenvalue weighted by Gasteiger charge is -2.11. The van der Waals surface area contributed by atoms with E-state index in [1.165, 1.54) is 0 Å². The normalized spacial score (nSPS) is 11.5. The van der Waals surface area contributed by atoms with Crippen LogP contribution in [-0.2, 0) is 24.6 Å². The minimum absolute atomic E-state index is 0.00394. The van der Waals surface area contributed by atoms with E-state index in [1.807, 2.05) is 13.0 Å². The minimum Gasteiger partial charge on any atom is -0.484 e. The maximum Gasteiger partial charge on any atom is 0.416 e. The molecule has 0 aliphatic heterocycles. The Morgan fingerprint density at radius 2 is 1.88 bits per heavy atom. The number of alkyl halides is 3. The largest absolute Gasteiger partial charge is 0.484 e. The lowest BCUT2D eigenvalue weighted by Crippen LogP contribution is -2.16. The van der Waals surface area contributed by atoms with Crippen molar-refractivity contribution in [2.45, 2.75) is 24.9 Å². The molecule has 1 aromatic heterocycles. The molecule has 0 bridgehead atoms. The number of rotatable bonds is 7. The van der Waals surface area contributed by atoms with Crippen molar-refractivity contribution < 1.29 is 22.7 Å². The first-order valence-electron chi connectivity index (χ1n) is 9.11. The molecule has 0 spiro atoms. The predicted molar refractivity (Wildman–Crippen MR) is 117 cm³/mol. The van der Waals surface area contributed by atoms with Crippen molar-refractivity contribution in [3.8, 4) is 5.75 Å². The first kappa shape index (κ1) is 24.2. The number of benzene rings is 2. The quantitative estimate of drug-likeness (QED) is 0.414. The van der Waals surface area contributed by atoms with Crippen LogP contribution in [0.4, 0.5) is 18.9 Å². The van der Waals surface area contributed by atoms with Crippen LogP contribution in [0.3, 0.4) is 0 Å². The zero-order valence-corrected chi connectivity index (χ0v) is 19.2. The molecule has 2 aromatic carbocycles. The number of aromatic nitrogens is 3. The van der Waals surface area contributed by atoms with Gasteiger partial charge in [-0.05, 0) is 42.8 Å². The van der Waals surface area contributed by atoms with E-state index in [4.69, 9.17) is 27.9 Å². The monoisotopic (exact) mass is 504 g/mol. The Hall–Kier alpha value is -2.43.